The van der Waals surface area contributed by atoms with Crippen molar-refractivity contribution in [2.24, 2.45) is 0 Å². The number of hydrogen-bond donors (Lipinski definition) is 11. The molecule has 7 aromatic heterocycles. The van der Waals surface area contributed by atoms with Gasteiger partial charge in [0.15, 0.2) is 68.9 Å². The van der Waals surface area contributed by atoms with Crippen LogP contribution in [0.25, 0.3) is 85.1 Å². The first kappa shape index (κ1) is 113. The Hall–Kier alpha value is -16.1. The lowest BCUT2D eigenvalue weighted by atomic mass is 10.0. The first-order chi connectivity index (χ1) is 68.0. The van der Waals surface area contributed by atoms with Gasteiger partial charge in [0.25, 0.3) is 0 Å². The van der Waals surface area contributed by atoms with Gasteiger partial charge in [0, 0.05) is 42.5 Å². The Kier molecular flexibility index (Phi) is 39.6. The molecule has 0 saturated carbocycles. The molecule has 49 heteroatoms. The summed E-state index contributed by atoms with van der Waals surface area (Å²) in [5.41, 5.74) is 41.9. The molecule has 0 amide bonds. The van der Waals surface area contributed by atoms with Gasteiger partial charge in [-0.2, -0.15) is 10.5 Å². The van der Waals surface area contributed by atoms with Crippen LogP contribution in [0.3, 0.4) is 0 Å². The molecule has 7 aromatic carbocycles. The summed E-state index contributed by atoms with van der Waals surface area (Å²) in [6, 6.07) is 38.4. The zero-order valence-electron chi connectivity index (χ0n) is 73.6. The van der Waals surface area contributed by atoms with Crippen molar-refractivity contribution in [2.75, 3.05) is 68.6 Å². The Morgan fingerprint density at radius 1 is 0.410 bits per heavy atom. The molecule has 0 unspecified atom stereocenters. The number of hydrogen-bond acceptors (Lipinski definition) is 29. The number of anilines is 7. The Labute approximate surface area is 870 Å². The number of carbonyl (C=O) groups excluding carboxylic acids is 3. The van der Waals surface area contributed by atoms with Crippen molar-refractivity contribution in [3.05, 3.63) is 309 Å². The number of aromatic nitrogens is 9. The van der Waals surface area contributed by atoms with Crippen molar-refractivity contribution in [1.29, 1.82) is 10.5 Å². The van der Waals surface area contributed by atoms with Gasteiger partial charge in [-0.05, 0) is 170 Å². The van der Waals surface area contributed by atoms with E-state index in [1.165, 1.54) is 57.7 Å². The van der Waals surface area contributed by atoms with E-state index in [4.69, 9.17) is 158 Å². The number of methoxy groups -OCH3 is 4. The molecule has 7 heterocycles. The predicted molar refractivity (Wildman–Crippen MR) is 541 cm³/mol. The molecule has 0 saturated heterocycles. The van der Waals surface area contributed by atoms with Gasteiger partial charge in [-0.15, -0.1) is 12.8 Å². The third kappa shape index (κ3) is 27.0. The molecule has 14 aromatic rings. The number of carbonyl (C=O) groups is 7. The molecule has 144 heavy (non-hydrogen) atoms. The van der Waals surface area contributed by atoms with Crippen LogP contribution >= 0.6 is 124 Å². The summed E-state index contributed by atoms with van der Waals surface area (Å²) < 4.78 is 116. The normalized spacial score (nSPS) is 10.2. The number of carboxylic acids is 4. The average molecular weight is 2330 g/mol. The van der Waals surface area contributed by atoms with Crippen LogP contribution in [0, 0.1) is 98.6 Å². The second-order valence-electron chi connectivity index (χ2n) is 27.8. The highest BCUT2D eigenvalue weighted by molar-refractivity contribution is 14.1. The number of benzene rings is 7. The van der Waals surface area contributed by atoms with E-state index in [1.807, 2.05) is 30.3 Å². The first-order valence-corrected chi connectivity index (χ1v) is 43.9. The lowest BCUT2D eigenvalue weighted by Crippen LogP contribution is -2.12. The molecule has 734 valence electrons. The van der Waals surface area contributed by atoms with Gasteiger partial charge in [0.05, 0.1) is 159 Å². The van der Waals surface area contributed by atoms with Gasteiger partial charge in [-0.1, -0.05) is 137 Å². The summed E-state index contributed by atoms with van der Waals surface area (Å²) in [6.45, 7) is 5.07. The number of nitrogen functional groups attached to an aromatic ring is 7. The summed E-state index contributed by atoms with van der Waals surface area (Å²) >= 11 is 43.2. The SMILES string of the molecule is C#Cc1ccc(-c2nc(C(=O)O)c(Cl)c(N)c2C)cc1F.C#Cc1ccc(-c2nc(C(=O)OC)c(Cl)c(N)c2F)cc1.C=Cc1c(N)nc(-c2ccc(C#N)cc2F)nc1C(=O)O.COC(=O)c1nc(-c2cc(F)c(Br)cc2F)nc(N)c1OC.COC(=O)c1nc(-c2ccc(C#N)cc2)c(Cl)c(N)c1Cl.Nc1cc(-c2cc(F)c(Br)cc2F)nc(C(=O)O)c1Cl.Nc1cc(-c2ccc(I)cc2)nc(C(=O)O)c1Cl. The number of halogens is 16. The number of esters is 3. The first-order valence-electron chi connectivity index (χ1n) is 39.0. The van der Waals surface area contributed by atoms with Crippen LogP contribution in [0.15, 0.2) is 161 Å². The Bertz CT molecular complexity index is 7580. The highest BCUT2D eigenvalue weighted by Gasteiger charge is 2.30. The van der Waals surface area contributed by atoms with Crippen molar-refractivity contribution >= 4 is 212 Å². The zero-order valence-corrected chi connectivity index (χ0v) is 83.4. The Balaban J connectivity index is 0.000000205. The van der Waals surface area contributed by atoms with Gasteiger partial charge < -0.3 is 79.5 Å². The molecule has 18 N–H and O–H groups in total. The van der Waals surface area contributed by atoms with E-state index in [9.17, 15) is 64.3 Å². The molecule has 0 radical (unpaired) electrons. The van der Waals surface area contributed by atoms with Crippen LogP contribution in [-0.4, -0.2) is 136 Å². The van der Waals surface area contributed by atoms with Crippen LogP contribution < -0.4 is 44.9 Å². The van der Waals surface area contributed by atoms with Gasteiger partial charge in [-0.25, -0.2) is 109 Å². The average Bonchev–Trinajstić information content (AvgIpc) is 0.765. The minimum atomic E-state index is -1.42. The number of ether oxygens (including phenoxy) is 4. The van der Waals surface area contributed by atoms with Crippen LogP contribution in [-0.2, 0) is 14.2 Å². The third-order valence-corrected chi connectivity index (χ3v) is 23.1. The predicted octanol–water partition coefficient (Wildman–Crippen LogP) is 20.9. The molecule has 33 nitrogen and oxygen atoms in total. The van der Waals surface area contributed by atoms with E-state index in [2.05, 4.69) is 132 Å². The Morgan fingerprint density at radius 2 is 0.826 bits per heavy atom. The summed E-state index contributed by atoms with van der Waals surface area (Å²) in [5, 5.41) is 53.0. The molecular formula is C95H62Br2Cl6F7IN18O15. The largest absolute Gasteiger partial charge is 0.491 e. The maximum atomic E-state index is 14.2. The van der Waals surface area contributed by atoms with Crippen molar-refractivity contribution in [3.63, 3.8) is 0 Å². The van der Waals surface area contributed by atoms with Crippen LogP contribution in [0.4, 0.5) is 70.8 Å². The second-order valence-corrected chi connectivity index (χ2v) is 33.1. The van der Waals surface area contributed by atoms with Crippen LogP contribution in [0.1, 0.15) is 107 Å². The maximum Gasteiger partial charge on any atom is 0.360 e. The quantitative estimate of drug-likeness (QED) is 0.0107. The zero-order chi connectivity index (χ0) is 107. The third-order valence-electron chi connectivity index (χ3n) is 18.9. The van der Waals surface area contributed by atoms with Gasteiger partial charge >= 0.3 is 41.8 Å². The number of terminal acetylenes is 2. The number of nitriles is 2. The van der Waals surface area contributed by atoms with Gasteiger partial charge in [0.1, 0.15) is 46.4 Å². The standard InChI is InChI=1S/2C15H10ClFN2O2.C14H9Cl2N3O2.C14H9FN4O2.C13H10BrF2N3O3.C12H6BrClF2N2O2.C12H8ClIN2O2/c1-3-8-4-6-9(7-5-8)13-11(17)12(18)10(16)14(19-13)15(20)21-2;1-3-8-4-5-9(6-10(8)17)13-7(2)12(18)11(16)14(19-13)15(20)21;1-21-14(20)13-10(16)11(18)9(15)12(19-13)8-4-2-7(6-17)3-5-8;1-2-8-11(14(20)21)18-13(19-12(8)17)9-4-3-7(6-16)5-10(9)15;1-21-10-9(13(20)22-2)18-12(19-11(10)17)5-3-8(16)6(14)4-7(5)15;13-5-2-6(15)4(1-7(5)16)9-3-8(17)10(14)11(18-9)12(19)20;13-10-8(15)5-9(16-11(10)12(17)18)6-1-3-7(14)4-2-6/h1,4-7H,2H3,(H2,18,19);1,4-6H,2H3,(H2,18,19)(H,20,21);2-5H,1H3,(H2,18,19);2-5H,1H2,(H,20,21)(H2,17,18,19);3-4H,1-2H3,(H2,17,18,19);1-3H,(H2,17,18)(H,19,20);1-5H,(H2,15,16)(H,17,18). The molecule has 0 aliphatic carbocycles. The molecule has 0 aliphatic heterocycles. The molecule has 14 rings (SSSR count). The smallest absolute Gasteiger partial charge is 0.360 e. The fourth-order valence-corrected chi connectivity index (χ4v) is 14.0. The molecule has 0 spiro atoms. The number of aromatic carboxylic acids is 4. The van der Waals surface area contributed by atoms with Crippen molar-refractivity contribution in [2.45, 2.75) is 6.92 Å². The number of nitrogens with two attached hydrogens (primary N) is 7. The van der Waals surface area contributed by atoms with Crippen LogP contribution in [0.2, 0.25) is 30.1 Å². The highest BCUT2D eigenvalue weighted by atomic mass is 127. The lowest BCUT2D eigenvalue weighted by Gasteiger charge is -2.12. The summed E-state index contributed by atoms with van der Waals surface area (Å²) in [7, 11) is 4.79. The number of carboxylic acid groups (broad SMARTS) is 4. The molecule has 0 fully saturated rings. The number of rotatable bonds is 16. The Morgan fingerprint density at radius 3 is 1.31 bits per heavy atom. The molecular weight excluding hydrogens is 2270 g/mol. The molecule has 0 atom stereocenters. The van der Waals surface area contributed by atoms with E-state index < -0.39 is 88.2 Å². The lowest BCUT2D eigenvalue weighted by molar-refractivity contribution is 0.0582. The minimum Gasteiger partial charge on any atom is -0.491 e. The fourth-order valence-electron chi connectivity index (χ4n) is 11.7. The minimum absolute atomic E-state index is 0.0308. The topological polar surface area (TPSA) is 583 Å². The summed E-state index contributed by atoms with van der Waals surface area (Å²) in [6.07, 6.45) is 11.6. The van der Waals surface area contributed by atoms with E-state index in [1.54, 1.807) is 73.7 Å². The van der Waals surface area contributed by atoms with Crippen molar-refractivity contribution in [1.82, 2.24) is 44.9 Å². The fraction of sp³-hybridized carbons (Fsp3) is 0.0526. The number of pyridine rings is 5. The maximum absolute atomic E-state index is 14.2. The van der Waals surface area contributed by atoms with E-state index >= 15 is 0 Å². The molecule has 0 bridgehead atoms. The van der Waals surface area contributed by atoms with E-state index in [-0.39, 0.29) is 181 Å². The highest BCUT2D eigenvalue weighted by Crippen LogP contribution is 2.41. The van der Waals surface area contributed by atoms with E-state index in [0.717, 1.165) is 46.6 Å². The van der Waals surface area contributed by atoms with Crippen LogP contribution in [0.5, 0.6) is 5.75 Å². The monoisotopic (exact) mass is 2320 g/mol. The summed E-state index contributed by atoms with van der Waals surface area (Å²) in [4.78, 5) is 114. The van der Waals surface area contributed by atoms with E-state index in [0.29, 0.717) is 44.8 Å². The molecule has 0 aliphatic rings. The van der Waals surface area contributed by atoms with Crippen molar-refractivity contribution < 1.29 is 104 Å². The number of nitrogens with zero attached hydrogens (tertiary/aromatic N) is 11. The van der Waals surface area contributed by atoms with Gasteiger partial charge in [0.2, 0.25) is 0 Å². The second kappa shape index (κ2) is 50.4. The summed E-state index contributed by atoms with van der Waals surface area (Å²) in [5.74, 6) is -8.92. The van der Waals surface area contributed by atoms with Crippen molar-refractivity contribution in [3.8, 4) is 122 Å². The van der Waals surface area contributed by atoms with Gasteiger partial charge in [-0.3, -0.25) is 0 Å².